The maximum Gasteiger partial charge on any atom is 0.124 e. The van der Waals surface area contributed by atoms with Crippen LogP contribution in [-0.2, 0) is 6.54 Å². The van der Waals surface area contributed by atoms with E-state index in [1.807, 2.05) is 12.1 Å². The number of phenolic OH excluding ortho intramolecular Hbond substituents is 2. The van der Waals surface area contributed by atoms with Crippen molar-refractivity contribution >= 4 is 11.4 Å². The molecule has 5 N–H and O–H groups in total. The lowest BCUT2D eigenvalue weighted by Crippen LogP contribution is -2.00. The number of nitrogens with one attached hydrogen (secondary N) is 1. The summed E-state index contributed by atoms with van der Waals surface area (Å²) >= 11 is 0. The van der Waals surface area contributed by atoms with E-state index in [4.69, 9.17) is 5.73 Å². The van der Waals surface area contributed by atoms with Gasteiger partial charge in [0.1, 0.15) is 11.5 Å². The van der Waals surface area contributed by atoms with Gasteiger partial charge in [-0.1, -0.05) is 6.07 Å². The molecule has 0 saturated carbocycles. The first-order chi connectivity index (χ1) is 8.16. The van der Waals surface area contributed by atoms with E-state index >= 15 is 0 Å². The van der Waals surface area contributed by atoms with Crippen molar-refractivity contribution in [2.24, 2.45) is 0 Å². The van der Waals surface area contributed by atoms with Crippen molar-refractivity contribution in [3.05, 3.63) is 48.0 Å². The van der Waals surface area contributed by atoms with Crippen LogP contribution in [0.5, 0.6) is 11.5 Å². The standard InChI is InChI=1S/C13H14N2O2/c14-9-4-6-10(7-5-9)15-8-11-12(16)2-1-3-13(11)17/h1-7,15-17H,8,14H2. The topological polar surface area (TPSA) is 78.5 Å². The predicted molar refractivity (Wildman–Crippen MR) is 68.0 cm³/mol. The fraction of sp³-hybridized carbons (Fsp3) is 0.0769. The molecule has 88 valence electrons. The fourth-order valence-corrected chi connectivity index (χ4v) is 1.54. The van der Waals surface area contributed by atoms with Gasteiger partial charge in [-0.3, -0.25) is 0 Å². The van der Waals surface area contributed by atoms with Crippen LogP contribution in [0.4, 0.5) is 11.4 Å². The van der Waals surface area contributed by atoms with Crippen LogP contribution in [0.2, 0.25) is 0 Å². The van der Waals surface area contributed by atoms with Crippen molar-refractivity contribution in [3.63, 3.8) is 0 Å². The molecule has 0 aliphatic heterocycles. The fourth-order valence-electron chi connectivity index (χ4n) is 1.54. The molecule has 0 atom stereocenters. The molecule has 0 radical (unpaired) electrons. The molecule has 2 rings (SSSR count). The molecule has 0 amide bonds. The summed E-state index contributed by atoms with van der Waals surface area (Å²) in [7, 11) is 0. The van der Waals surface area contributed by atoms with Crippen LogP contribution in [0, 0.1) is 0 Å². The molecular formula is C13H14N2O2. The smallest absolute Gasteiger partial charge is 0.124 e. The van der Waals surface area contributed by atoms with Crippen molar-refractivity contribution in [3.8, 4) is 11.5 Å². The first-order valence-electron chi connectivity index (χ1n) is 5.26. The van der Waals surface area contributed by atoms with Gasteiger partial charge in [0, 0.05) is 17.9 Å². The normalized spacial score (nSPS) is 10.1. The quantitative estimate of drug-likeness (QED) is 0.610. The van der Waals surface area contributed by atoms with Crippen molar-refractivity contribution in [2.45, 2.75) is 6.54 Å². The molecule has 4 nitrogen and oxygen atoms in total. The molecule has 0 aliphatic carbocycles. The summed E-state index contributed by atoms with van der Waals surface area (Å²) in [5.74, 6) is 0.154. The van der Waals surface area contributed by atoms with Gasteiger partial charge in [0.2, 0.25) is 0 Å². The Morgan fingerprint density at radius 1 is 0.941 bits per heavy atom. The van der Waals surface area contributed by atoms with Crippen LogP contribution in [0.25, 0.3) is 0 Å². The van der Waals surface area contributed by atoms with E-state index in [0.29, 0.717) is 17.8 Å². The van der Waals surface area contributed by atoms with Gasteiger partial charge in [0.15, 0.2) is 0 Å². The van der Waals surface area contributed by atoms with Gasteiger partial charge < -0.3 is 21.3 Å². The molecule has 0 saturated heterocycles. The first kappa shape index (κ1) is 11.1. The van der Waals surface area contributed by atoms with E-state index in [1.165, 1.54) is 0 Å². The van der Waals surface area contributed by atoms with Crippen LogP contribution in [-0.4, -0.2) is 10.2 Å². The number of aromatic hydroxyl groups is 2. The maximum atomic E-state index is 9.59. The average Bonchev–Trinajstić information content (AvgIpc) is 2.31. The highest BCUT2D eigenvalue weighted by Crippen LogP contribution is 2.27. The molecule has 17 heavy (non-hydrogen) atoms. The molecule has 4 heteroatoms. The highest BCUT2D eigenvalue weighted by molar-refractivity contribution is 5.53. The van der Waals surface area contributed by atoms with E-state index in [2.05, 4.69) is 5.32 Å². The molecule has 2 aromatic carbocycles. The minimum absolute atomic E-state index is 0.0768. The van der Waals surface area contributed by atoms with Crippen LogP contribution in [0.15, 0.2) is 42.5 Å². The third-order valence-electron chi connectivity index (χ3n) is 2.51. The van der Waals surface area contributed by atoms with Gasteiger partial charge >= 0.3 is 0 Å². The second-order valence-corrected chi connectivity index (χ2v) is 3.75. The van der Waals surface area contributed by atoms with E-state index in [1.54, 1.807) is 30.3 Å². The van der Waals surface area contributed by atoms with Crippen molar-refractivity contribution in [1.29, 1.82) is 0 Å². The molecule has 0 unspecified atom stereocenters. The van der Waals surface area contributed by atoms with Gasteiger partial charge in [-0.2, -0.15) is 0 Å². The number of anilines is 2. The highest BCUT2D eigenvalue weighted by Gasteiger charge is 2.05. The molecular weight excluding hydrogens is 216 g/mol. The number of hydrogen-bond acceptors (Lipinski definition) is 4. The Kier molecular flexibility index (Phi) is 3.05. The zero-order chi connectivity index (χ0) is 12.3. The van der Waals surface area contributed by atoms with E-state index in [0.717, 1.165) is 5.69 Å². The first-order valence-corrected chi connectivity index (χ1v) is 5.26. The molecule has 0 fully saturated rings. The lowest BCUT2D eigenvalue weighted by Gasteiger charge is -2.09. The van der Waals surface area contributed by atoms with Crippen LogP contribution < -0.4 is 11.1 Å². The van der Waals surface area contributed by atoms with E-state index in [-0.39, 0.29) is 11.5 Å². The Hall–Kier alpha value is -2.36. The van der Waals surface area contributed by atoms with Crippen molar-refractivity contribution in [2.75, 3.05) is 11.1 Å². The summed E-state index contributed by atoms with van der Waals surface area (Å²) in [6.45, 7) is 0.350. The maximum absolute atomic E-state index is 9.59. The summed E-state index contributed by atoms with van der Waals surface area (Å²) in [6, 6.07) is 11.9. The second kappa shape index (κ2) is 4.65. The monoisotopic (exact) mass is 230 g/mol. The Balaban J connectivity index is 2.10. The Morgan fingerprint density at radius 2 is 1.53 bits per heavy atom. The number of phenols is 2. The lowest BCUT2D eigenvalue weighted by molar-refractivity contribution is 0.440. The summed E-state index contributed by atoms with van der Waals surface area (Å²) < 4.78 is 0. The second-order valence-electron chi connectivity index (χ2n) is 3.75. The number of nitrogen functional groups attached to an aromatic ring is 1. The van der Waals surface area contributed by atoms with Gasteiger partial charge in [0.25, 0.3) is 0 Å². The predicted octanol–water partition coefficient (Wildman–Crippen LogP) is 2.29. The molecule has 2 aromatic rings. The van der Waals surface area contributed by atoms with Crippen LogP contribution >= 0.6 is 0 Å². The third-order valence-corrected chi connectivity index (χ3v) is 2.51. The molecule has 0 heterocycles. The molecule has 0 aromatic heterocycles. The van der Waals surface area contributed by atoms with Gasteiger partial charge in [-0.05, 0) is 36.4 Å². The largest absolute Gasteiger partial charge is 0.507 e. The third kappa shape index (κ3) is 2.60. The molecule has 0 aliphatic rings. The summed E-state index contributed by atoms with van der Waals surface area (Å²) in [6.07, 6.45) is 0. The average molecular weight is 230 g/mol. The van der Waals surface area contributed by atoms with Crippen molar-refractivity contribution in [1.82, 2.24) is 0 Å². The Labute approximate surface area is 99.3 Å². The highest BCUT2D eigenvalue weighted by atomic mass is 16.3. The van der Waals surface area contributed by atoms with Gasteiger partial charge in [-0.25, -0.2) is 0 Å². The molecule has 0 spiro atoms. The van der Waals surface area contributed by atoms with E-state index < -0.39 is 0 Å². The number of benzene rings is 2. The summed E-state index contributed by atoms with van der Waals surface area (Å²) in [4.78, 5) is 0. The molecule has 0 bridgehead atoms. The van der Waals surface area contributed by atoms with Crippen LogP contribution in [0.1, 0.15) is 5.56 Å². The minimum atomic E-state index is 0.0768. The zero-order valence-electron chi connectivity index (χ0n) is 9.22. The Morgan fingerprint density at radius 3 is 2.12 bits per heavy atom. The van der Waals surface area contributed by atoms with Gasteiger partial charge in [0.05, 0.1) is 5.56 Å². The summed E-state index contributed by atoms with van der Waals surface area (Å²) in [5.41, 5.74) is 7.62. The lowest BCUT2D eigenvalue weighted by atomic mass is 10.1. The minimum Gasteiger partial charge on any atom is -0.507 e. The van der Waals surface area contributed by atoms with Gasteiger partial charge in [-0.15, -0.1) is 0 Å². The number of hydrogen-bond donors (Lipinski definition) is 4. The zero-order valence-corrected chi connectivity index (χ0v) is 9.22. The number of nitrogens with two attached hydrogens (primary N) is 1. The summed E-state index contributed by atoms with van der Waals surface area (Å²) in [5, 5.41) is 22.3. The van der Waals surface area contributed by atoms with Crippen molar-refractivity contribution < 1.29 is 10.2 Å². The van der Waals surface area contributed by atoms with E-state index in [9.17, 15) is 10.2 Å². The SMILES string of the molecule is Nc1ccc(NCc2c(O)cccc2O)cc1. The van der Waals surface area contributed by atoms with Crippen LogP contribution in [0.3, 0.4) is 0 Å². The Bertz CT molecular complexity index is 489. The number of rotatable bonds is 3.